The van der Waals surface area contributed by atoms with E-state index in [1.54, 1.807) is 0 Å². The highest BCUT2D eigenvalue weighted by Gasteiger charge is 2.20. The van der Waals surface area contributed by atoms with Crippen molar-refractivity contribution in [2.24, 2.45) is 0 Å². The number of aryl methyl sites for hydroxylation is 2. The lowest BCUT2D eigenvalue weighted by molar-refractivity contribution is 0.201. The van der Waals surface area contributed by atoms with Crippen molar-refractivity contribution >= 4 is 34.4 Å². The van der Waals surface area contributed by atoms with Crippen molar-refractivity contribution in [2.45, 2.75) is 39.3 Å². The molecule has 2 heterocycles. The van der Waals surface area contributed by atoms with Gasteiger partial charge < -0.3 is 10.6 Å². The Morgan fingerprint density at radius 2 is 2.04 bits per heavy atom. The molecule has 0 amide bonds. The average Bonchev–Trinajstić information content (AvgIpc) is 3.05. The zero-order valence-corrected chi connectivity index (χ0v) is 16.0. The van der Waals surface area contributed by atoms with Crippen LogP contribution in [0.3, 0.4) is 0 Å². The van der Waals surface area contributed by atoms with Crippen LogP contribution in [0, 0.1) is 13.8 Å². The van der Waals surface area contributed by atoms with E-state index in [4.69, 9.17) is 12.2 Å². The molecule has 0 bridgehead atoms. The Morgan fingerprint density at radius 1 is 1.25 bits per heavy atom. The number of likely N-dealkylation sites (tertiary alicyclic amines) is 1. The molecule has 5 heteroatoms. The van der Waals surface area contributed by atoms with Crippen molar-refractivity contribution in [2.75, 3.05) is 18.4 Å². The largest absolute Gasteiger partial charge is 0.360 e. The van der Waals surface area contributed by atoms with Crippen molar-refractivity contribution in [3.8, 4) is 0 Å². The van der Waals surface area contributed by atoms with E-state index in [-0.39, 0.29) is 0 Å². The number of hydrogen-bond donors (Lipinski definition) is 2. The number of thiocarbonyl (C=S) groups is 1. The molecule has 0 saturated carbocycles. The first-order valence-electron chi connectivity index (χ1n) is 8.49. The minimum atomic E-state index is 0.468. The predicted octanol–water partition coefficient (Wildman–Crippen LogP) is 4.32. The molecule has 1 aliphatic heterocycles. The van der Waals surface area contributed by atoms with E-state index >= 15 is 0 Å². The lowest BCUT2D eigenvalue weighted by Crippen LogP contribution is -2.45. The van der Waals surface area contributed by atoms with Crippen LogP contribution in [0.5, 0.6) is 0 Å². The summed E-state index contributed by atoms with van der Waals surface area (Å²) in [6.45, 7) is 7.55. The number of anilines is 1. The summed E-state index contributed by atoms with van der Waals surface area (Å²) in [6, 6.07) is 11.2. The van der Waals surface area contributed by atoms with Crippen molar-refractivity contribution in [1.29, 1.82) is 0 Å². The Morgan fingerprint density at radius 3 is 2.71 bits per heavy atom. The fourth-order valence-corrected chi connectivity index (χ4v) is 4.18. The maximum Gasteiger partial charge on any atom is 0.171 e. The summed E-state index contributed by atoms with van der Waals surface area (Å²) < 4.78 is 0. The van der Waals surface area contributed by atoms with Crippen LogP contribution in [-0.2, 0) is 6.54 Å². The highest BCUT2D eigenvalue weighted by Crippen LogP contribution is 2.18. The zero-order valence-electron chi connectivity index (χ0n) is 14.3. The third-order valence-corrected chi connectivity index (χ3v) is 5.59. The van der Waals surface area contributed by atoms with Crippen LogP contribution in [0.1, 0.15) is 28.8 Å². The molecule has 2 N–H and O–H groups in total. The Balaban J connectivity index is 1.44. The molecule has 1 fully saturated rings. The van der Waals surface area contributed by atoms with E-state index < -0.39 is 0 Å². The summed E-state index contributed by atoms with van der Waals surface area (Å²) in [5.41, 5.74) is 3.59. The van der Waals surface area contributed by atoms with Crippen molar-refractivity contribution in [3.05, 3.63) is 51.7 Å². The van der Waals surface area contributed by atoms with Gasteiger partial charge in [0.05, 0.1) is 0 Å². The monoisotopic (exact) mass is 359 g/mol. The van der Waals surface area contributed by atoms with Gasteiger partial charge in [-0.05, 0) is 62.0 Å². The van der Waals surface area contributed by atoms with E-state index in [9.17, 15) is 0 Å². The van der Waals surface area contributed by atoms with Gasteiger partial charge in [0.25, 0.3) is 0 Å². The highest BCUT2D eigenvalue weighted by atomic mass is 32.1. The van der Waals surface area contributed by atoms with Crippen LogP contribution < -0.4 is 10.6 Å². The molecule has 24 heavy (non-hydrogen) atoms. The van der Waals surface area contributed by atoms with Crippen molar-refractivity contribution < 1.29 is 0 Å². The first-order valence-corrected chi connectivity index (χ1v) is 9.78. The molecule has 1 saturated heterocycles. The Bertz CT molecular complexity index is 674. The number of nitrogens with one attached hydrogen (secondary N) is 2. The van der Waals surface area contributed by atoms with E-state index in [0.717, 1.165) is 43.3 Å². The van der Waals surface area contributed by atoms with Gasteiger partial charge in [0, 0.05) is 36.2 Å². The molecule has 3 nitrogen and oxygen atoms in total. The molecule has 1 aromatic heterocycles. The third kappa shape index (κ3) is 4.79. The molecule has 0 atom stereocenters. The lowest BCUT2D eigenvalue weighted by atomic mass is 10.1. The van der Waals surface area contributed by atoms with Gasteiger partial charge >= 0.3 is 0 Å². The van der Waals surface area contributed by atoms with Gasteiger partial charge in [-0.25, -0.2) is 0 Å². The van der Waals surface area contributed by atoms with Gasteiger partial charge in [0.1, 0.15) is 0 Å². The number of benzene rings is 1. The molecule has 1 aliphatic rings. The van der Waals surface area contributed by atoms with E-state index in [0.29, 0.717) is 6.04 Å². The predicted molar refractivity (Wildman–Crippen MR) is 108 cm³/mol. The highest BCUT2D eigenvalue weighted by molar-refractivity contribution is 7.80. The maximum atomic E-state index is 5.50. The summed E-state index contributed by atoms with van der Waals surface area (Å²) in [5, 5.41) is 9.71. The summed E-state index contributed by atoms with van der Waals surface area (Å²) in [4.78, 5) is 3.98. The Labute approximate surface area is 154 Å². The van der Waals surface area contributed by atoms with E-state index in [2.05, 4.69) is 65.1 Å². The normalized spacial score (nSPS) is 16.1. The number of nitrogens with zero attached hydrogens (tertiary/aromatic N) is 1. The summed E-state index contributed by atoms with van der Waals surface area (Å²) in [7, 11) is 0. The zero-order chi connectivity index (χ0) is 16.9. The first-order chi connectivity index (χ1) is 11.6. The van der Waals surface area contributed by atoms with Gasteiger partial charge in [-0.2, -0.15) is 0 Å². The van der Waals surface area contributed by atoms with Crippen LogP contribution in [0.15, 0.2) is 35.7 Å². The molecule has 0 spiro atoms. The second-order valence-corrected chi connectivity index (χ2v) is 7.99. The Hall–Kier alpha value is -1.43. The quantitative estimate of drug-likeness (QED) is 0.795. The Kier molecular flexibility index (Phi) is 5.87. The first kappa shape index (κ1) is 17.4. The molecular weight excluding hydrogens is 334 g/mol. The molecule has 128 valence electrons. The van der Waals surface area contributed by atoms with Crippen LogP contribution in [0.2, 0.25) is 0 Å². The molecule has 0 unspecified atom stereocenters. The standard InChI is InChI=1S/C19H25N3S2/c1-14-5-6-18(15(2)12-14)21-19(23)20-16-7-9-22(10-8-16)13-17-4-3-11-24-17/h3-6,11-12,16H,7-10,13H2,1-2H3,(H2,20,21,23). The molecule has 3 rings (SSSR count). The van der Waals surface area contributed by atoms with Gasteiger partial charge in [0.2, 0.25) is 0 Å². The number of rotatable bonds is 4. The van der Waals surface area contributed by atoms with Gasteiger partial charge in [-0.3, -0.25) is 4.90 Å². The second-order valence-electron chi connectivity index (χ2n) is 6.55. The minimum Gasteiger partial charge on any atom is -0.360 e. The summed E-state index contributed by atoms with van der Waals surface area (Å²) >= 11 is 7.34. The molecule has 0 aliphatic carbocycles. The minimum absolute atomic E-state index is 0.468. The molecule has 1 aromatic carbocycles. The lowest BCUT2D eigenvalue weighted by Gasteiger charge is -2.32. The van der Waals surface area contributed by atoms with Crippen LogP contribution in [0.4, 0.5) is 5.69 Å². The van der Waals surface area contributed by atoms with Gasteiger partial charge in [-0.1, -0.05) is 23.8 Å². The second kappa shape index (κ2) is 8.10. The SMILES string of the molecule is Cc1ccc(NC(=S)NC2CCN(Cc3cccs3)CC2)c(C)c1. The maximum absolute atomic E-state index is 5.50. The van der Waals surface area contributed by atoms with Gasteiger partial charge in [-0.15, -0.1) is 11.3 Å². The smallest absolute Gasteiger partial charge is 0.171 e. The molecular formula is C19H25N3S2. The van der Waals surface area contributed by atoms with Crippen LogP contribution in [0.25, 0.3) is 0 Å². The van der Waals surface area contributed by atoms with Gasteiger partial charge in [0.15, 0.2) is 5.11 Å². The van der Waals surface area contributed by atoms with Crippen LogP contribution in [-0.4, -0.2) is 29.1 Å². The fraction of sp³-hybridized carbons (Fsp3) is 0.421. The van der Waals surface area contributed by atoms with Crippen molar-refractivity contribution in [1.82, 2.24) is 10.2 Å². The number of piperidine rings is 1. The number of hydrogen-bond acceptors (Lipinski definition) is 3. The number of thiophene rings is 1. The van der Waals surface area contributed by atoms with Crippen molar-refractivity contribution in [3.63, 3.8) is 0 Å². The van der Waals surface area contributed by atoms with Crippen LogP contribution >= 0.6 is 23.6 Å². The topological polar surface area (TPSA) is 27.3 Å². The third-order valence-electron chi connectivity index (χ3n) is 4.51. The summed E-state index contributed by atoms with van der Waals surface area (Å²) in [6.07, 6.45) is 2.28. The average molecular weight is 360 g/mol. The summed E-state index contributed by atoms with van der Waals surface area (Å²) in [5.74, 6) is 0. The van der Waals surface area contributed by atoms with E-state index in [1.165, 1.54) is 16.0 Å². The molecule has 0 radical (unpaired) electrons. The fourth-order valence-electron chi connectivity index (χ4n) is 3.16. The molecule has 2 aromatic rings. The van der Waals surface area contributed by atoms with E-state index in [1.807, 2.05) is 11.3 Å².